The molecule has 0 aliphatic carbocycles. The average molecular weight is 508 g/mol. The zero-order valence-corrected chi connectivity index (χ0v) is 22.1. The highest BCUT2D eigenvalue weighted by molar-refractivity contribution is 6.02. The average Bonchev–Trinajstić information content (AvgIpc) is 3.39. The number of hydrogen-bond acceptors (Lipinski definition) is 8. The zero-order chi connectivity index (χ0) is 26.5. The number of rotatable bonds is 2. The second-order valence-electron chi connectivity index (χ2n) is 11.1. The van der Waals surface area contributed by atoms with Gasteiger partial charge in [-0.25, -0.2) is 24.1 Å². The fourth-order valence-corrected chi connectivity index (χ4v) is 4.92. The summed E-state index contributed by atoms with van der Waals surface area (Å²) in [6, 6.07) is 1.71. The highest BCUT2D eigenvalue weighted by atomic mass is 16.6. The summed E-state index contributed by atoms with van der Waals surface area (Å²) in [5, 5.41) is 7.15. The summed E-state index contributed by atoms with van der Waals surface area (Å²) >= 11 is 0. The van der Waals surface area contributed by atoms with Crippen LogP contribution in [-0.4, -0.2) is 78.9 Å². The Labute approximate surface area is 215 Å². The van der Waals surface area contributed by atoms with Gasteiger partial charge in [0.15, 0.2) is 0 Å². The molecular formula is C25H33N9O3. The number of fused-ring (bicyclic) bond motifs is 2. The Kier molecular flexibility index (Phi) is 5.92. The molecule has 37 heavy (non-hydrogen) atoms. The molecule has 2 aliphatic rings. The summed E-state index contributed by atoms with van der Waals surface area (Å²) in [6.07, 6.45) is 5.38. The first-order valence-electron chi connectivity index (χ1n) is 12.4. The highest BCUT2D eigenvalue weighted by Crippen LogP contribution is 2.36. The number of urea groups is 1. The van der Waals surface area contributed by atoms with E-state index in [2.05, 4.69) is 30.3 Å². The van der Waals surface area contributed by atoms with Gasteiger partial charge in [0.25, 0.3) is 5.78 Å². The van der Waals surface area contributed by atoms with Crippen LogP contribution in [0.1, 0.15) is 46.0 Å². The third-order valence-electron chi connectivity index (χ3n) is 6.50. The fraction of sp³-hybridized carbons (Fsp3) is 0.520. The van der Waals surface area contributed by atoms with Crippen LogP contribution in [0.4, 0.5) is 26.8 Å². The zero-order valence-electron chi connectivity index (χ0n) is 22.1. The van der Waals surface area contributed by atoms with E-state index in [1.807, 2.05) is 40.7 Å². The van der Waals surface area contributed by atoms with Crippen molar-refractivity contribution >= 4 is 35.1 Å². The Bertz CT molecular complexity index is 1360. The molecule has 1 saturated heterocycles. The molecule has 0 atom stereocenters. The van der Waals surface area contributed by atoms with Crippen molar-refractivity contribution in [3.05, 3.63) is 36.0 Å². The molecule has 5 heterocycles. The Hall–Kier alpha value is -3.96. The van der Waals surface area contributed by atoms with Gasteiger partial charge in [0.05, 0.1) is 23.6 Å². The maximum absolute atomic E-state index is 13.2. The summed E-state index contributed by atoms with van der Waals surface area (Å²) in [5.41, 5.74) is 1.61. The molecule has 0 saturated carbocycles. The van der Waals surface area contributed by atoms with Gasteiger partial charge in [-0.2, -0.15) is 10.1 Å². The molecule has 2 aliphatic heterocycles. The maximum atomic E-state index is 13.2. The number of piperazine rings is 1. The second kappa shape index (κ2) is 8.86. The first kappa shape index (κ1) is 24.7. The lowest BCUT2D eigenvalue weighted by atomic mass is 9.98. The van der Waals surface area contributed by atoms with Crippen LogP contribution in [0.3, 0.4) is 0 Å². The number of anilines is 3. The van der Waals surface area contributed by atoms with E-state index in [0.29, 0.717) is 55.7 Å². The van der Waals surface area contributed by atoms with Gasteiger partial charge in [-0.1, -0.05) is 0 Å². The van der Waals surface area contributed by atoms with Crippen LogP contribution in [0.2, 0.25) is 0 Å². The van der Waals surface area contributed by atoms with Crippen molar-refractivity contribution in [3.63, 3.8) is 0 Å². The van der Waals surface area contributed by atoms with Crippen LogP contribution in [-0.2, 0) is 11.2 Å². The van der Waals surface area contributed by atoms with Gasteiger partial charge < -0.3 is 15.0 Å². The lowest BCUT2D eigenvalue weighted by Crippen LogP contribution is -2.62. The van der Waals surface area contributed by atoms with Crippen LogP contribution in [0.25, 0.3) is 5.78 Å². The number of nitrogens with zero attached hydrogens (tertiary/aromatic N) is 8. The van der Waals surface area contributed by atoms with Crippen molar-refractivity contribution in [2.45, 2.75) is 59.1 Å². The minimum Gasteiger partial charge on any atom is -0.444 e. The van der Waals surface area contributed by atoms with Gasteiger partial charge in [-0.15, -0.1) is 0 Å². The number of aryl methyl sites for hydroxylation is 1. The number of aromatic nitrogens is 5. The number of nitrogens with one attached hydrogen (secondary N) is 1. The number of carbonyl (C=O) groups excluding carboxylic acids is 2. The molecule has 1 N–H and O–H groups in total. The first-order valence-corrected chi connectivity index (χ1v) is 12.4. The SMILES string of the molecule is Cc1nc2ncc(NC(=O)N3CCc4c(N5CCN(C(=O)OC(C)(C)C)C(C)(C)C5)ccnc43)cn2n1. The Morgan fingerprint density at radius 1 is 1.14 bits per heavy atom. The van der Waals surface area contributed by atoms with E-state index in [9.17, 15) is 9.59 Å². The number of carbonyl (C=O) groups is 2. The van der Waals surface area contributed by atoms with Crippen molar-refractivity contribution in [2.75, 3.05) is 41.3 Å². The summed E-state index contributed by atoms with van der Waals surface area (Å²) < 4.78 is 7.18. The van der Waals surface area contributed by atoms with E-state index in [0.717, 1.165) is 11.3 Å². The van der Waals surface area contributed by atoms with Gasteiger partial charge in [0.1, 0.15) is 17.2 Å². The smallest absolute Gasteiger partial charge is 0.410 e. The second-order valence-corrected chi connectivity index (χ2v) is 11.1. The summed E-state index contributed by atoms with van der Waals surface area (Å²) in [5.74, 6) is 1.73. The van der Waals surface area contributed by atoms with E-state index in [1.54, 1.807) is 35.3 Å². The summed E-state index contributed by atoms with van der Waals surface area (Å²) in [6.45, 7) is 13.9. The molecule has 5 rings (SSSR count). The lowest BCUT2D eigenvalue weighted by Gasteiger charge is -2.48. The van der Waals surface area contributed by atoms with Crippen molar-refractivity contribution in [1.82, 2.24) is 29.5 Å². The standard InChI is InChI=1S/C25H33N9O3/c1-16-28-21-27-13-17(14-34(21)30-16)29-22(35)32-10-8-18-19(7-9-26-20(18)32)31-11-12-33(25(5,6)15-31)23(36)37-24(2,3)4/h7,9,13-14H,8,10-12,15H2,1-6H3,(H,29,35). The molecule has 0 spiro atoms. The summed E-state index contributed by atoms with van der Waals surface area (Å²) in [4.78, 5) is 44.7. The number of ether oxygens (including phenoxy) is 1. The van der Waals surface area contributed by atoms with Crippen LogP contribution in [0, 0.1) is 6.92 Å². The van der Waals surface area contributed by atoms with E-state index in [-0.39, 0.29) is 12.1 Å². The highest BCUT2D eigenvalue weighted by Gasteiger charge is 2.40. The van der Waals surface area contributed by atoms with E-state index >= 15 is 0 Å². The minimum absolute atomic E-state index is 0.281. The summed E-state index contributed by atoms with van der Waals surface area (Å²) in [7, 11) is 0. The topological polar surface area (TPSA) is 121 Å². The molecule has 0 unspecified atom stereocenters. The molecule has 1 fully saturated rings. The van der Waals surface area contributed by atoms with Gasteiger partial charge in [0, 0.05) is 43.6 Å². The van der Waals surface area contributed by atoms with E-state index in [4.69, 9.17) is 4.74 Å². The third kappa shape index (κ3) is 4.87. The normalized spacial score (nSPS) is 17.2. The molecule has 3 aromatic heterocycles. The largest absolute Gasteiger partial charge is 0.444 e. The predicted molar refractivity (Wildman–Crippen MR) is 139 cm³/mol. The van der Waals surface area contributed by atoms with Crippen LogP contribution < -0.4 is 15.1 Å². The Morgan fingerprint density at radius 2 is 1.92 bits per heavy atom. The number of pyridine rings is 1. The number of hydrogen-bond donors (Lipinski definition) is 1. The molecule has 0 aromatic carbocycles. The van der Waals surface area contributed by atoms with Crippen LogP contribution in [0.5, 0.6) is 0 Å². The minimum atomic E-state index is -0.545. The molecule has 196 valence electrons. The Balaban J connectivity index is 1.32. The van der Waals surface area contributed by atoms with Gasteiger partial charge in [-0.05, 0) is 54.0 Å². The molecule has 0 bridgehead atoms. The van der Waals surface area contributed by atoms with Gasteiger partial charge in [-0.3, -0.25) is 9.80 Å². The van der Waals surface area contributed by atoms with Gasteiger partial charge >= 0.3 is 12.1 Å². The molecule has 0 radical (unpaired) electrons. The van der Waals surface area contributed by atoms with Crippen molar-refractivity contribution in [3.8, 4) is 0 Å². The fourth-order valence-electron chi connectivity index (χ4n) is 4.92. The molecule has 3 aromatic rings. The lowest BCUT2D eigenvalue weighted by molar-refractivity contribution is 0.000364. The van der Waals surface area contributed by atoms with Gasteiger partial charge in [0.2, 0.25) is 0 Å². The van der Waals surface area contributed by atoms with Crippen LogP contribution >= 0.6 is 0 Å². The van der Waals surface area contributed by atoms with Crippen LogP contribution in [0.15, 0.2) is 24.7 Å². The molecule has 3 amide bonds. The van der Waals surface area contributed by atoms with E-state index < -0.39 is 11.1 Å². The monoisotopic (exact) mass is 507 g/mol. The van der Waals surface area contributed by atoms with E-state index in [1.165, 1.54) is 4.52 Å². The Morgan fingerprint density at radius 3 is 2.65 bits per heavy atom. The van der Waals surface area contributed by atoms with Crippen molar-refractivity contribution < 1.29 is 14.3 Å². The van der Waals surface area contributed by atoms with Crippen molar-refractivity contribution in [2.24, 2.45) is 0 Å². The maximum Gasteiger partial charge on any atom is 0.410 e. The third-order valence-corrected chi connectivity index (χ3v) is 6.50. The first-order chi connectivity index (χ1) is 17.4. The quantitative estimate of drug-likeness (QED) is 0.561. The molecule has 12 nitrogen and oxygen atoms in total. The molecular weight excluding hydrogens is 474 g/mol. The molecule has 12 heteroatoms. The van der Waals surface area contributed by atoms with Crippen molar-refractivity contribution in [1.29, 1.82) is 0 Å². The number of amides is 3. The predicted octanol–water partition coefficient (Wildman–Crippen LogP) is 3.26.